The Morgan fingerprint density at radius 2 is 1.83 bits per heavy atom. The van der Waals surface area contributed by atoms with Crippen LogP contribution in [-0.4, -0.2) is 43.5 Å². The van der Waals surface area contributed by atoms with Gasteiger partial charge < -0.3 is 20.3 Å². The first-order valence-electron chi connectivity index (χ1n) is 9.96. The normalized spacial score (nSPS) is 14.5. The lowest BCUT2D eigenvalue weighted by Gasteiger charge is -2.31. The zero-order valence-electron chi connectivity index (χ0n) is 16.8. The summed E-state index contributed by atoms with van der Waals surface area (Å²) in [6.45, 7) is 2.30. The number of thiazole rings is 1. The number of rotatable bonds is 5. The molecule has 30 heavy (non-hydrogen) atoms. The predicted octanol–water partition coefficient (Wildman–Crippen LogP) is 3.28. The molecule has 2 N–H and O–H groups in total. The number of ether oxygens (including phenoxy) is 1. The molecule has 8 heteroatoms. The topological polar surface area (TPSA) is 83.6 Å². The zero-order chi connectivity index (χ0) is 20.9. The fourth-order valence-corrected chi connectivity index (χ4v) is 4.52. The highest BCUT2D eigenvalue weighted by Crippen LogP contribution is 2.31. The lowest BCUT2D eigenvalue weighted by molar-refractivity contribution is -0.136. The van der Waals surface area contributed by atoms with Gasteiger partial charge in [0.25, 0.3) is 0 Å². The van der Waals surface area contributed by atoms with Crippen LogP contribution in [0.15, 0.2) is 48.5 Å². The van der Waals surface area contributed by atoms with Crippen LogP contribution in [0.1, 0.15) is 12.8 Å². The average molecular weight is 425 g/mol. The second-order valence-corrected chi connectivity index (χ2v) is 8.30. The third-order valence-electron chi connectivity index (χ3n) is 5.27. The highest BCUT2D eigenvalue weighted by atomic mass is 32.1. The molecule has 0 saturated carbocycles. The Hall–Kier alpha value is -3.13. The van der Waals surface area contributed by atoms with Crippen LogP contribution in [0.4, 0.5) is 10.8 Å². The van der Waals surface area contributed by atoms with Crippen molar-refractivity contribution < 1.29 is 14.3 Å². The lowest BCUT2D eigenvalue weighted by atomic mass is 9.97. The number of amides is 2. The smallest absolute Gasteiger partial charge is 0.313 e. The summed E-state index contributed by atoms with van der Waals surface area (Å²) in [5, 5.41) is 6.42. The van der Waals surface area contributed by atoms with Crippen LogP contribution in [0.2, 0.25) is 0 Å². The van der Waals surface area contributed by atoms with Crippen molar-refractivity contribution in [2.45, 2.75) is 12.8 Å². The van der Waals surface area contributed by atoms with E-state index >= 15 is 0 Å². The highest BCUT2D eigenvalue weighted by Gasteiger charge is 2.23. The van der Waals surface area contributed by atoms with Crippen molar-refractivity contribution in [3.05, 3.63) is 48.5 Å². The number of piperidine rings is 1. The molecule has 0 spiro atoms. The number of aromatic nitrogens is 1. The highest BCUT2D eigenvalue weighted by molar-refractivity contribution is 7.22. The summed E-state index contributed by atoms with van der Waals surface area (Å²) in [5.41, 5.74) is 1.59. The van der Waals surface area contributed by atoms with E-state index in [1.807, 2.05) is 18.2 Å². The molecular formula is C22H24N4O3S. The molecule has 156 valence electrons. The number of fused-ring (bicyclic) bond motifs is 1. The van der Waals surface area contributed by atoms with Crippen molar-refractivity contribution in [1.29, 1.82) is 0 Å². The molecule has 0 atom stereocenters. The van der Waals surface area contributed by atoms with Crippen molar-refractivity contribution in [2.75, 3.05) is 37.0 Å². The average Bonchev–Trinajstić information content (AvgIpc) is 3.22. The molecule has 1 aliphatic rings. The Labute approximate surface area is 179 Å². The van der Waals surface area contributed by atoms with Crippen LogP contribution < -0.4 is 20.3 Å². The van der Waals surface area contributed by atoms with Crippen LogP contribution in [0.25, 0.3) is 10.2 Å². The Morgan fingerprint density at radius 1 is 1.10 bits per heavy atom. The minimum Gasteiger partial charge on any atom is -0.497 e. The molecule has 0 aliphatic carbocycles. The van der Waals surface area contributed by atoms with Gasteiger partial charge in [-0.3, -0.25) is 9.59 Å². The molecule has 1 aromatic heterocycles. The fourth-order valence-electron chi connectivity index (χ4n) is 3.50. The third kappa shape index (κ3) is 4.71. The van der Waals surface area contributed by atoms with Crippen molar-refractivity contribution >= 4 is 44.2 Å². The molecule has 0 unspecified atom stereocenters. The van der Waals surface area contributed by atoms with Gasteiger partial charge in [0, 0.05) is 25.3 Å². The van der Waals surface area contributed by atoms with E-state index < -0.39 is 11.8 Å². The van der Waals surface area contributed by atoms with Crippen molar-refractivity contribution in [2.24, 2.45) is 5.92 Å². The fraction of sp³-hybridized carbons (Fsp3) is 0.318. The molecule has 2 heterocycles. The predicted molar refractivity (Wildman–Crippen MR) is 119 cm³/mol. The van der Waals surface area contributed by atoms with Crippen molar-refractivity contribution in [1.82, 2.24) is 10.3 Å². The van der Waals surface area contributed by atoms with E-state index in [-0.39, 0.29) is 0 Å². The minimum absolute atomic E-state index is 0.355. The number of carbonyl (C=O) groups excluding carboxylic acids is 2. The van der Waals surface area contributed by atoms with E-state index in [0.717, 1.165) is 36.6 Å². The molecule has 3 aromatic rings. The monoisotopic (exact) mass is 424 g/mol. The summed E-state index contributed by atoms with van der Waals surface area (Å²) in [6.07, 6.45) is 1.91. The van der Waals surface area contributed by atoms with Gasteiger partial charge >= 0.3 is 11.8 Å². The van der Waals surface area contributed by atoms with Gasteiger partial charge in [-0.2, -0.15) is 0 Å². The van der Waals surface area contributed by atoms with Crippen molar-refractivity contribution in [3.63, 3.8) is 0 Å². The Kier molecular flexibility index (Phi) is 6.13. The Balaban J connectivity index is 1.22. The van der Waals surface area contributed by atoms with Gasteiger partial charge in [0.05, 0.1) is 17.3 Å². The number of anilines is 2. The number of para-hydroxylation sites is 1. The standard InChI is InChI=1S/C22H24N4O3S/c1-29-17-8-6-16(7-9-17)24-21(28)20(27)23-14-15-10-12-26(13-11-15)22-25-18-4-2-3-5-19(18)30-22/h2-9,15H,10-14H2,1H3,(H,23,27)(H,24,28). The molecule has 7 nitrogen and oxygen atoms in total. The molecular weight excluding hydrogens is 400 g/mol. The van der Waals surface area contributed by atoms with Gasteiger partial charge in [0.2, 0.25) is 0 Å². The van der Waals surface area contributed by atoms with Crippen molar-refractivity contribution in [3.8, 4) is 5.75 Å². The molecule has 0 radical (unpaired) electrons. The first kappa shape index (κ1) is 20.2. The van der Waals surface area contributed by atoms with Crippen LogP contribution in [0.5, 0.6) is 5.75 Å². The molecule has 4 rings (SSSR count). The maximum atomic E-state index is 12.1. The van der Waals surface area contributed by atoms with E-state index in [1.54, 1.807) is 42.7 Å². The first-order valence-corrected chi connectivity index (χ1v) is 10.8. The van der Waals surface area contributed by atoms with Gasteiger partial charge in [-0.15, -0.1) is 0 Å². The summed E-state index contributed by atoms with van der Waals surface area (Å²) in [4.78, 5) is 31.3. The lowest BCUT2D eigenvalue weighted by Crippen LogP contribution is -2.41. The van der Waals surface area contributed by atoms with Crippen LogP contribution >= 0.6 is 11.3 Å². The largest absolute Gasteiger partial charge is 0.497 e. The van der Waals surface area contributed by atoms with Gasteiger partial charge in [-0.25, -0.2) is 4.98 Å². The SMILES string of the molecule is COc1ccc(NC(=O)C(=O)NCC2CCN(c3nc4ccccc4s3)CC2)cc1. The van der Waals surface area contributed by atoms with E-state index in [1.165, 1.54) is 4.70 Å². The number of methoxy groups -OCH3 is 1. The van der Waals surface area contributed by atoms with Gasteiger partial charge in [-0.05, 0) is 55.2 Å². The quantitative estimate of drug-likeness (QED) is 0.614. The Bertz CT molecular complexity index is 993. The van der Waals surface area contributed by atoms with E-state index in [9.17, 15) is 9.59 Å². The molecule has 0 bridgehead atoms. The maximum absolute atomic E-state index is 12.1. The summed E-state index contributed by atoms with van der Waals surface area (Å²) in [7, 11) is 1.57. The summed E-state index contributed by atoms with van der Waals surface area (Å²) < 4.78 is 6.28. The number of nitrogens with one attached hydrogen (secondary N) is 2. The molecule has 1 fully saturated rings. The van der Waals surface area contributed by atoms with Gasteiger partial charge in [0.15, 0.2) is 5.13 Å². The number of nitrogens with zero attached hydrogens (tertiary/aromatic N) is 2. The molecule has 2 amide bonds. The summed E-state index contributed by atoms with van der Waals surface area (Å²) in [5.74, 6) is -0.227. The van der Waals surface area contributed by atoms with E-state index in [0.29, 0.717) is 23.9 Å². The third-order valence-corrected chi connectivity index (χ3v) is 6.37. The van der Waals surface area contributed by atoms with Gasteiger partial charge in [-0.1, -0.05) is 23.5 Å². The van der Waals surface area contributed by atoms with E-state index in [4.69, 9.17) is 9.72 Å². The number of benzene rings is 2. The van der Waals surface area contributed by atoms with Gasteiger partial charge in [0.1, 0.15) is 5.75 Å². The molecule has 1 saturated heterocycles. The molecule has 2 aromatic carbocycles. The van der Waals surface area contributed by atoms with Crippen LogP contribution in [0, 0.1) is 5.92 Å². The second-order valence-electron chi connectivity index (χ2n) is 7.29. The van der Waals surface area contributed by atoms with Crippen LogP contribution in [0.3, 0.4) is 0 Å². The summed E-state index contributed by atoms with van der Waals surface area (Å²) >= 11 is 1.71. The molecule has 1 aliphatic heterocycles. The van der Waals surface area contributed by atoms with Crippen LogP contribution in [-0.2, 0) is 9.59 Å². The maximum Gasteiger partial charge on any atom is 0.313 e. The number of hydrogen-bond donors (Lipinski definition) is 2. The number of hydrogen-bond acceptors (Lipinski definition) is 6. The minimum atomic E-state index is -0.660. The zero-order valence-corrected chi connectivity index (χ0v) is 17.6. The first-order chi connectivity index (χ1) is 14.6. The Morgan fingerprint density at radius 3 is 2.53 bits per heavy atom. The second kappa shape index (κ2) is 9.13. The summed E-state index contributed by atoms with van der Waals surface area (Å²) in [6, 6.07) is 15.0. The number of carbonyl (C=O) groups is 2. The van der Waals surface area contributed by atoms with E-state index in [2.05, 4.69) is 21.6 Å².